The second-order valence-electron chi connectivity index (χ2n) is 6.77. The monoisotopic (exact) mass is 461 g/mol. The van der Waals surface area contributed by atoms with Crippen molar-refractivity contribution >= 4 is 41.4 Å². The van der Waals surface area contributed by atoms with Crippen molar-refractivity contribution in [1.29, 1.82) is 0 Å². The topological polar surface area (TPSA) is 80.2 Å². The number of ether oxygens (including phenoxy) is 2. The number of hydrogen-bond donors (Lipinski definition) is 1. The van der Waals surface area contributed by atoms with E-state index in [1.54, 1.807) is 35.4 Å². The van der Waals surface area contributed by atoms with Crippen LogP contribution >= 0.6 is 23.4 Å². The quantitative estimate of drug-likeness (QED) is 0.458. The van der Waals surface area contributed by atoms with Crippen molar-refractivity contribution in [2.45, 2.75) is 5.75 Å². The van der Waals surface area contributed by atoms with Crippen LogP contribution in [0.3, 0.4) is 0 Å². The van der Waals surface area contributed by atoms with Crippen LogP contribution in [0.4, 0.5) is 0 Å². The fourth-order valence-corrected chi connectivity index (χ4v) is 3.78. The first-order chi connectivity index (χ1) is 15.1. The molecule has 1 N–H and O–H groups in total. The molecule has 0 atom stereocenters. The van der Waals surface area contributed by atoms with Gasteiger partial charge in [-0.15, -0.1) is 11.8 Å². The number of carbonyl (C=O) groups is 2. The van der Waals surface area contributed by atoms with Crippen molar-refractivity contribution in [1.82, 2.24) is 10.3 Å². The van der Waals surface area contributed by atoms with Gasteiger partial charge in [0.25, 0.3) is 5.91 Å². The number of halogens is 1. The fourth-order valence-electron chi connectivity index (χ4n) is 2.80. The molecule has 0 saturated carbocycles. The van der Waals surface area contributed by atoms with Crippen LogP contribution in [0.2, 0.25) is 5.02 Å². The lowest BCUT2D eigenvalue weighted by atomic mass is 10.2. The number of nitrogens with one attached hydrogen (secondary N) is 1. The normalized spacial score (nSPS) is 13.9. The summed E-state index contributed by atoms with van der Waals surface area (Å²) in [6.07, 6.45) is 1.56. The zero-order chi connectivity index (χ0) is 21.9. The van der Waals surface area contributed by atoms with E-state index in [0.29, 0.717) is 48.6 Å². The molecule has 1 aliphatic heterocycles. The molecule has 2 amide bonds. The molecule has 0 unspecified atom stereocenters. The zero-order valence-corrected chi connectivity index (χ0v) is 18.5. The van der Waals surface area contributed by atoms with E-state index >= 15 is 0 Å². The van der Waals surface area contributed by atoms with Crippen molar-refractivity contribution in [2.75, 3.05) is 38.7 Å². The van der Waals surface area contributed by atoms with Gasteiger partial charge in [-0.1, -0.05) is 23.7 Å². The maximum absolute atomic E-state index is 12.1. The molecule has 31 heavy (non-hydrogen) atoms. The van der Waals surface area contributed by atoms with Crippen LogP contribution in [0, 0.1) is 0 Å². The predicted molar refractivity (Wildman–Crippen MR) is 123 cm³/mol. The summed E-state index contributed by atoms with van der Waals surface area (Å²) in [4.78, 5) is 25.7. The van der Waals surface area contributed by atoms with E-state index in [4.69, 9.17) is 21.1 Å². The number of benzene rings is 2. The highest BCUT2D eigenvalue weighted by Crippen LogP contribution is 2.16. The van der Waals surface area contributed by atoms with Crippen LogP contribution in [-0.2, 0) is 20.1 Å². The van der Waals surface area contributed by atoms with Gasteiger partial charge in [0, 0.05) is 23.9 Å². The van der Waals surface area contributed by atoms with Gasteiger partial charge in [-0.25, -0.2) is 5.43 Å². The summed E-state index contributed by atoms with van der Waals surface area (Å²) in [6, 6.07) is 14.7. The van der Waals surface area contributed by atoms with Crippen LogP contribution < -0.4 is 10.2 Å². The number of rotatable bonds is 9. The number of thioether (sulfide) groups is 1. The molecule has 7 nitrogen and oxygen atoms in total. The van der Waals surface area contributed by atoms with Crippen molar-refractivity contribution in [3.05, 3.63) is 64.7 Å². The summed E-state index contributed by atoms with van der Waals surface area (Å²) in [5.41, 5.74) is 4.39. The van der Waals surface area contributed by atoms with Gasteiger partial charge in [0.05, 0.1) is 25.2 Å². The molecule has 9 heteroatoms. The largest absolute Gasteiger partial charge is 0.484 e. The van der Waals surface area contributed by atoms with Crippen LogP contribution in [-0.4, -0.2) is 61.6 Å². The number of amides is 2. The van der Waals surface area contributed by atoms with Gasteiger partial charge in [-0.2, -0.15) is 5.10 Å². The summed E-state index contributed by atoms with van der Waals surface area (Å²) in [5, 5.41) is 4.66. The van der Waals surface area contributed by atoms with Gasteiger partial charge >= 0.3 is 0 Å². The third-order valence-corrected chi connectivity index (χ3v) is 5.64. The van der Waals surface area contributed by atoms with E-state index in [1.807, 2.05) is 24.3 Å². The molecule has 3 rings (SSSR count). The average molecular weight is 462 g/mol. The zero-order valence-electron chi connectivity index (χ0n) is 17.0. The molecule has 2 aromatic carbocycles. The summed E-state index contributed by atoms with van der Waals surface area (Å²) in [7, 11) is 0. The Hall–Kier alpha value is -2.55. The van der Waals surface area contributed by atoms with Crippen LogP contribution in [0.1, 0.15) is 11.1 Å². The Bertz CT molecular complexity index is 902. The number of morpholine rings is 1. The fraction of sp³-hybridized carbons (Fsp3) is 0.318. The Morgan fingerprint density at radius 1 is 1.19 bits per heavy atom. The molecule has 1 saturated heterocycles. The smallest absolute Gasteiger partial charge is 0.260 e. The van der Waals surface area contributed by atoms with Crippen molar-refractivity contribution in [2.24, 2.45) is 5.10 Å². The Kier molecular flexibility index (Phi) is 9.20. The number of hydrogen-bond acceptors (Lipinski definition) is 6. The lowest BCUT2D eigenvalue weighted by Crippen LogP contribution is -2.42. The van der Waals surface area contributed by atoms with Crippen molar-refractivity contribution < 1.29 is 19.1 Å². The second kappa shape index (κ2) is 12.3. The number of hydrazone groups is 1. The Morgan fingerprint density at radius 3 is 2.71 bits per heavy atom. The standard InChI is InChI=1S/C22H24ClN3O4S/c23-19-3-1-2-18(12-19)15-31-16-21(27)25-24-13-17-4-6-20(7-5-17)30-14-22(28)26-8-10-29-11-9-26/h1-7,12-13H,8-11,14-16H2,(H,25,27)/b24-13+. The second-order valence-corrected chi connectivity index (χ2v) is 8.19. The minimum atomic E-state index is -0.176. The lowest BCUT2D eigenvalue weighted by molar-refractivity contribution is -0.137. The number of nitrogens with zero attached hydrogens (tertiary/aromatic N) is 2. The van der Waals surface area contributed by atoms with Crippen LogP contribution in [0.15, 0.2) is 53.6 Å². The van der Waals surface area contributed by atoms with Gasteiger partial charge in [0.2, 0.25) is 5.91 Å². The lowest BCUT2D eigenvalue weighted by Gasteiger charge is -2.26. The molecule has 2 aromatic rings. The molecule has 1 aliphatic rings. The third kappa shape index (κ3) is 8.24. The van der Waals surface area contributed by atoms with E-state index in [9.17, 15) is 9.59 Å². The minimum absolute atomic E-state index is 0.00362. The Balaban J connectivity index is 1.34. The van der Waals surface area contributed by atoms with Gasteiger partial charge in [-0.05, 0) is 47.5 Å². The van der Waals surface area contributed by atoms with Gasteiger partial charge in [0.1, 0.15) is 5.75 Å². The molecule has 0 aliphatic carbocycles. The van der Waals surface area contributed by atoms with E-state index in [1.165, 1.54) is 11.8 Å². The SMILES string of the molecule is O=C(CSCc1cccc(Cl)c1)N/N=C/c1ccc(OCC(=O)N2CCOCC2)cc1. The summed E-state index contributed by atoms with van der Waals surface area (Å²) >= 11 is 7.44. The Labute approximate surface area is 190 Å². The van der Waals surface area contributed by atoms with Crippen LogP contribution in [0.25, 0.3) is 0 Å². The Morgan fingerprint density at radius 2 is 1.97 bits per heavy atom. The van der Waals surface area contributed by atoms with Crippen molar-refractivity contribution in [3.8, 4) is 5.75 Å². The minimum Gasteiger partial charge on any atom is -0.484 e. The van der Waals surface area contributed by atoms with Gasteiger partial charge in [-0.3, -0.25) is 9.59 Å². The molecule has 0 radical (unpaired) electrons. The van der Waals surface area contributed by atoms with E-state index < -0.39 is 0 Å². The predicted octanol–water partition coefficient (Wildman–Crippen LogP) is 2.96. The summed E-state index contributed by atoms with van der Waals surface area (Å²) in [5.74, 6) is 1.37. The van der Waals surface area contributed by atoms with Crippen LogP contribution in [0.5, 0.6) is 5.75 Å². The first-order valence-electron chi connectivity index (χ1n) is 9.82. The molecule has 0 spiro atoms. The molecule has 0 bridgehead atoms. The first-order valence-corrected chi connectivity index (χ1v) is 11.4. The summed E-state index contributed by atoms with van der Waals surface area (Å²) < 4.78 is 10.8. The van der Waals surface area contributed by atoms with Crippen molar-refractivity contribution in [3.63, 3.8) is 0 Å². The molecular weight excluding hydrogens is 438 g/mol. The number of carbonyl (C=O) groups excluding carboxylic acids is 2. The van der Waals surface area contributed by atoms with Gasteiger partial charge < -0.3 is 14.4 Å². The highest BCUT2D eigenvalue weighted by atomic mass is 35.5. The van der Waals surface area contributed by atoms with E-state index in [-0.39, 0.29) is 18.4 Å². The third-order valence-electron chi connectivity index (χ3n) is 4.40. The molecule has 0 aromatic heterocycles. The highest BCUT2D eigenvalue weighted by Gasteiger charge is 2.17. The van der Waals surface area contributed by atoms with E-state index in [0.717, 1.165) is 11.1 Å². The van der Waals surface area contributed by atoms with E-state index in [2.05, 4.69) is 10.5 Å². The maximum Gasteiger partial charge on any atom is 0.260 e. The first kappa shape index (κ1) is 23.1. The highest BCUT2D eigenvalue weighted by molar-refractivity contribution is 7.99. The molecule has 164 valence electrons. The summed E-state index contributed by atoms with van der Waals surface area (Å²) in [6.45, 7) is 2.33. The molecule has 1 heterocycles. The molecule has 1 fully saturated rings. The van der Waals surface area contributed by atoms with Gasteiger partial charge in [0.15, 0.2) is 6.61 Å². The molecular formula is C22H24ClN3O4S. The maximum atomic E-state index is 12.1. The average Bonchev–Trinajstić information content (AvgIpc) is 2.79.